The van der Waals surface area contributed by atoms with E-state index in [1.165, 1.54) is 84.0 Å². The number of rotatable bonds is 28. The second kappa shape index (κ2) is 24.2. The first-order chi connectivity index (χ1) is 18.1. The average molecular weight is 564 g/mol. The van der Waals surface area contributed by atoms with Gasteiger partial charge in [0, 0.05) is 13.2 Å². The Morgan fingerprint density at radius 2 is 1.45 bits per heavy atom. The van der Waals surface area contributed by atoms with Crippen LogP contribution in [0.4, 0.5) is 0 Å². The molecule has 0 aromatic rings. The van der Waals surface area contributed by atoms with Crippen molar-refractivity contribution in [3.05, 3.63) is 12.2 Å². The molecule has 0 rings (SSSR count). The van der Waals surface area contributed by atoms with E-state index in [1.807, 2.05) is 21.1 Å². The zero-order chi connectivity index (χ0) is 28.5. The molecular formula is C29H60N2O6P+. The van der Waals surface area contributed by atoms with Crippen LogP contribution in [0, 0.1) is 0 Å². The molecule has 0 saturated heterocycles. The van der Waals surface area contributed by atoms with Crippen molar-refractivity contribution in [1.29, 1.82) is 0 Å². The van der Waals surface area contributed by atoms with E-state index in [0.29, 0.717) is 17.6 Å². The largest absolute Gasteiger partial charge is 0.472 e. The minimum atomic E-state index is -4.21. The van der Waals surface area contributed by atoms with Crippen molar-refractivity contribution in [2.75, 3.05) is 60.6 Å². The molecule has 2 unspecified atom stereocenters. The van der Waals surface area contributed by atoms with Gasteiger partial charge < -0.3 is 19.4 Å². The highest BCUT2D eigenvalue weighted by molar-refractivity contribution is 7.47. The van der Waals surface area contributed by atoms with E-state index in [4.69, 9.17) is 13.8 Å². The molecule has 9 heteroatoms. The van der Waals surface area contributed by atoms with Crippen LogP contribution in [0.2, 0.25) is 0 Å². The molecule has 0 radical (unpaired) electrons. The number of likely N-dealkylation sites (N-methyl/N-ethyl adjacent to an activating group) is 1. The van der Waals surface area contributed by atoms with Crippen molar-refractivity contribution in [2.45, 2.75) is 110 Å². The van der Waals surface area contributed by atoms with Crippen LogP contribution in [0.5, 0.6) is 0 Å². The number of allylic oxidation sites excluding steroid dienone is 2. The standard InChI is InChI=1S/C29H59N2O6P/c1-6-7-8-9-10-11-12-13-14-15-16-17-18-19-20-21-23-35-27-29(26-30-25-28(2)32)37-38(33,34)36-24-22-31(3,4)5/h13-14,29-30H,6-12,15-27H2,1-5H3/p+1. The first kappa shape index (κ1) is 37.4. The Hall–Kier alpha value is -0.600. The Bertz CT molecular complexity index is 639. The van der Waals surface area contributed by atoms with Gasteiger partial charge in [0.2, 0.25) is 0 Å². The lowest BCUT2D eigenvalue weighted by atomic mass is 10.1. The molecule has 0 aliphatic rings. The van der Waals surface area contributed by atoms with E-state index in [-0.39, 0.29) is 32.1 Å². The fraction of sp³-hybridized carbons (Fsp3) is 0.897. The second-order valence-electron chi connectivity index (χ2n) is 11.4. The molecule has 0 aliphatic carbocycles. The number of carbonyl (C=O) groups is 1. The predicted octanol–water partition coefficient (Wildman–Crippen LogP) is 6.43. The number of phosphoric acid groups is 1. The Kier molecular flexibility index (Phi) is 23.8. The summed E-state index contributed by atoms with van der Waals surface area (Å²) < 4.78 is 29.2. The van der Waals surface area contributed by atoms with Crippen LogP contribution in [-0.2, 0) is 23.1 Å². The quantitative estimate of drug-likeness (QED) is 0.0490. The monoisotopic (exact) mass is 563 g/mol. The summed E-state index contributed by atoms with van der Waals surface area (Å²) in [5.41, 5.74) is 0. The van der Waals surface area contributed by atoms with Crippen LogP contribution in [0.3, 0.4) is 0 Å². The van der Waals surface area contributed by atoms with E-state index < -0.39 is 13.9 Å². The molecule has 0 fully saturated rings. The van der Waals surface area contributed by atoms with Gasteiger partial charge in [-0.25, -0.2) is 4.57 Å². The Morgan fingerprint density at radius 3 is 2.00 bits per heavy atom. The molecule has 2 N–H and O–H groups in total. The Morgan fingerprint density at radius 1 is 0.895 bits per heavy atom. The first-order valence-electron chi connectivity index (χ1n) is 14.9. The van der Waals surface area contributed by atoms with Crippen LogP contribution >= 0.6 is 7.82 Å². The van der Waals surface area contributed by atoms with E-state index in [2.05, 4.69) is 24.4 Å². The molecule has 38 heavy (non-hydrogen) atoms. The molecule has 0 saturated carbocycles. The van der Waals surface area contributed by atoms with Gasteiger partial charge in [0.1, 0.15) is 25.0 Å². The van der Waals surface area contributed by atoms with Crippen molar-refractivity contribution in [1.82, 2.24) is 5.32 Å². The first-order valence-corrected chi connectivity index (χ1v) is 16.4. The van der Waals surface area contributed by atoms with Gasteiger partial charge in [-0.05, 0) is 39.0 Å². The summed E-state index contributed by atoms with van der Waals surface area (Å²) in [6.07, 6.45) is 21.6. The number of Topliss-reactive ketones (excluding diaryl/α,β-unsaturated/α-hetero) is 1. The third-order valence-electron chi connectivity index (χ3n) is 6.15. The van der Waals surface area contributed by atoms with Crippen LogP contribution in [0.1, 0.15) is 104 Å². The minimum Gasteiger partial charge on any atom is -0.379 e. The molecular weight excluding hydrogens is 503 g/mol. The van der Waals surface area contributed by atoms with E-state index in [0.717, 1.165) is 12.8 Å². The van der Waals surface area contributed by atoms with E-state index in [9.17, 15) is 14.3 Å². The Labute approximate surface area is 234 Å². The molecule has 0 aromatic heterocycles. The van der Waals surface area contributed by atoms with Gasteiger partial charge in [-0.3, -0.25) is 13.8 Å². The fourth-order valence-corrected chi connectivity index (χ4v) is 4.74. The van der Waals surface area contributed by atoms with E-state index in [1.54, 1.807) is 0 Å². The summed E-state index contributed by atoms with van der Waals surface area (Å²) in [6.45, 7) is 5.58. The molecule has 0 spiro atoms. The van der Waals surface area contributed by atoms with Gasteiger partial charge in [0.25, 0.3) is 0 Å². The molecule has 0 aromatic carbocycles. The lowest BCUT2D eigenvalue weighted by Crippen LogP contribution is -2.38. The number of hydrogen-bond donors (Lipinski definition) is 2. The summed E-state index contributed by atoms with van der Waals surface area (Å²) in [5, 5.41) is 2.95. The lowest BCUT2D eigenvalue weighted by Gasteiger charge is -2.25. The molecule has 0 aliphatic heterocycles. The predicted molar refractivity (Wildman–Crippen MR) is 157 cm³/mol. The summed E-state index contributed by atoms with van der Waals surface area (Å²) in [7, 11) is 1.72. The summed E-state index contributed by atoms with van der Waals surface area (Å²) in [4.78, 5) is 21.3. The minimum absolute atomic E-state index is 0.0137. The van der Waals surface area contributed by atoms with Gasteiger partial charge in [-0.1, -0.05) is 76.9 Å². The van der Waals surface area contributed by atoms with Crippen molar-refractivity contribution in [3.63, 3.8) is 0 Å². The van der Waals surface area contributed by atoms with Gasteiger partial charge in [0.15, 0.2) is 0 Å². The molecule has 8 nitrogen and oxygen atoms in total. The highest BCUT2D eigenvalue weighted by atomic mass is 31.2. The molecule has 2 atom stereocenters. The fourth-order valence-electron chi connectivity index (χ4n) is 3.85. The highest BCUT2D eigenvalue weighted by Gasteiger charge is 2.27. The maximum absolute atomic E-state index is 12.3. The smallest absolute Gasteiger partial charge is 0.379 e. The van der Waals surface area contributed by atoms with Gasteiger partial charge in [-0.15, -0.1) is 0 Å². The lowest BCUT2D eigenvalue weighted by molar-refractivity contribution is -0.870. The van der Waals surface area contributed by atoms with Crippen LogP contribution in [-0.4, -0.2) is 81.9 Å². The number of nitrogens with one attached hydrogen (secondary N) is 1. The third kappa shape index (κ3) is 28.4. The number of nitrogens with zero attached hydrogens (tertiary/aromatic N) is 1. The summed E-state index contributed by atoms with van der Waals surface area (Å²) >= 11 is 0. The zero-order valence-corrected chi connectivity index (χ0v) is 26.2. The summed E-state index contributed by atoms with van der Waals surface area (Å²) in [6, 6.07) is 0. The van der Waals surface area contributed by atoms with Crippen molar-refractivity contribution < 1.29 is 32.5 Å². The van der Waals surface area contributed by atoms with Crippen LogP contribution in [0.25, 0.3) is 0 Å². The molecule has 226 valence electrons. The van der Waals surface area contributed by atoms with Crippen molar-refractivity contribution >= 4 is 13.6 Å². The van der Waals surface area contributed by atoms with Gasteiger partial charge in [0.05, 0.1) is 34.3 Å². The number of unbranched alkanes of at least 4 members (excludes halogenated alkanes) is 12. The number of carbonyl (C=O) groups excluding carboxylic acids is 1. The maximum Gasteiger partial charge on any atom is 0.472 e. The van der Waals surface area contributed by atoms with Crippen molar-refractivity contribution in [2.24, 2.45) is 0 Å². The Balaban J connectivity index is 3.92. The zero-order valence-electron chi connectivity index (χ0n) is 25.3. The number of hydrogen-bond acceptors (Lipinski definition) is 6. The number of quaternary nitrogens is 1. The van der Waals surface area contributed by atoms with E-state index >= 15 is 0 Å². The van der Waals surface area contributed by atoms with Crippen molar-refractivity contribution in [3.8, 4) is 0 Å². The maximum atomic E-state index is 12.3. The molecule has 0 amide bonds. The second-order valence-corrected chi connectivity index (χ2v) is 12.8. The number of ether oxygens (including phenoxy) is 1. The van der Waals surface area contributed by atoms with Gasteiger partial charge >= 0.3 is 7.82 Å². The van der Waals surface area contributed by atoms with Crippen LogP contribution in [0.15, 0.2) is 12.2 Å². The topological polar surface area (TPSA) is 94.1 Å². The molecule has 0 heterocycles. The highest BCUT2D eigenvalue weighted by Crippen LogP contribution is 2.44. The summed E-state index contributed by atoms with van der Waals surface area (Å²) in [5.74, 6) is -0.0137. The number of phosphoric ester groups is 1. The number of ketones is 1. The van der Waals surface area contributed by atoms with Crippen LogP contribution < -0.4 is 5.32 Å². The third-order valence-corrected chi connectivity index (χ3v) is 7.22. The average Bonchev–Trinajstić information content (AvgIpc) is 2.81. The molecule has 0 bridgehead atoms. The normalized spacial score (nSPS) is 14.7. The SMILES string of the molecule is CCCCCCCCC=CCCCCCCCCOCC(CNCC(C)=O)OP(=O)(O)OCC[N+](C)(C)C. The van der Waals surface area contributed by atoms with Gasteiger partial charge in [-0.2, -0.15) is 0 Å².